The summed E-state index contributed by atoms with van der Waals surface area (Å²) in [7, 11) is 0. The van der Waals surface area contributed by atoms with Gasteiger partial charge >= 0.3 is 0 Å². The molecule has 0 fully saturated rings. The molecule has 1 aromatic heterocycles. The normalized spacial score (nSPS) is 11.6. The monoisotopic (exact) mass is 415 g/mol. The first-order valence-electron chi connectivity index (χ1n) is 10.5. The van der Waals surface area contributed by atoms with Crippen molar-refractivity contribution in [1.29, 1.82) is 0 Å². The smallest absolute Gasteiger partial charge is 0.251 e. The average molecular weight is 416 g/mol. The number of amides is 2. The Balaban J connectivity index is 1.69. The van der Waals surface area contributed by atoms with Crippen molar-refractivity contribution in [2.24, 2.45) is 0 Å². The van der Waals surface area contributed by atoms with Crippen LogP contribution in [-0.4, -0.2) is 29.4 Å². The molecule has 5 nitrogen and oxygen atoms in total. The number of hydrogen-bond acceptors (Lipinski definition) is 3. The molecule has 2 N–H and O–H groups in total. The molecular weight excluding hydrogens is 386 g/mol. The fourth-order valence-corrected chi connectivity index (χ4v) is 3.28. The van der Waals surface area contributed by atoms with Gasteiger partial charge in [-0.1, -0.05) is 42.0 Å². The number of aryl methyl sites for hydroxylation is 3. The first kappa shape index (κ1) is 22.2. The maximum absolute atomic E-state index is 12.9. The van der Waals surface area contributed by atoms with E-state index >= 15 is 0 Å². The maximum atomic E-state index is 12.9. The van der Waals surface area contributed by atoms with Gasteiger partial charge in [0.2, 0.25) is 5.91 Å². The van der Waals surface area contributed by atoms with Crippen LogP contribution in [-0.2, 0) is 17.6 Å². The number of pyridine rings is 1. The second-order valence-corrected chi connectivity index (χ2v) is 7.88. The first-order valence-corrected chi connectivity index (χ1v) is 10.5. The number of carbonyl (C=O) groups is 2. The molecule has 2 amide bonds. The Morgan fingerprint density at radius 2 is 1.71 bits per heavy atom. The van der Waals surface area contributed by atoms with E-state index in [1.54, 1.807) is 12.3 Å². The topological polar surface area (TPSA) is 71.1 Å². The van der Waals surface area contributed by atoms with Gasteiger partial charge in [0.1, 0.15) is 6.04 Å². The Hall–Kier alpha value is -3.47. The third kappa shape index (κ3) is 6.51. The van der Waals surface area contributed by atoms with Crippen molar-refractivity contribution in [3.05, 3.63) is 100 Å². The second kappa shape index (κ2) is 10.5. The summed E-state index contributed by atoms with van der Waals surface area (Å²) >= 11 is 0. The van der Waals surface area contributed by atoms with Crippen LogP contribution in [0.4, 0.5) is 0 Å². The molecule has 0 saturated carbocycles. The third-order valence-corrected chi connectivity index (χ3v) is 5.36. The van der Waals surface area contributed by atoms with Crippen molar-refractivity contribution in [2.75, 3.05) is 6.54 Å². The summed E-state index contributed by atoms with van der Waals surface area (Å²) in [5.41, 5.74) is 5.79. The number of benzene rings is 2. The molecule has 31 heavy (non-hydrogen) atoms. The Morgan fingerprint density at radius 1 is 0.935 bits per heavy atom. The molecule has 1 heterocycles. The molecule has 0 unspecified atom stereocenters. The van der Waals surface area contributed by atoms with Crippen molar-refractivity contribution in [3.63, 3.8) is 0 Å². The van der Waals surface area contributed by atoms with E-state index in [1.807, 2.05) is 75.4 Å². The molecule has 3 rings (SSSR count). The summed E-state index contributed by atoms with van der Waals surface area (Å²) in [6.07, 6.45) is 2.79. The Morgan fingerprint density at radius 3 is 2.39 bits per heavy atom. The van der Waals surface area contributed by atoms with Gasteiger partial charge in [-0.25, -0.2) is 0 Å². The molecule has 0 saturated heterocycles. The van der Waals surface area contributed by atoms with Crippen LogP contribution < -0.4 is 10.6 Å². The van der Waals surface area contributed by atoms with Crippen LogP contribution in [0.1, 0.15) is 38.3 Å². The molecule has 3 aromatic rings. The lowest BCUT2D eigenvalue weighted by atomic mass is 10.0. The number of carbonyl (C=O) groups excluding carboxylic acids is 2. The van der Waals surface area contributed by atoms with Gasteiger partial charge in [0, 0.05) is 36.8 Å². The van der Waals surface area contributed by atoms with Gasteiger partial charge in [0.05, 0.1) is 0 Å². The third-order valence-electron chi connectivity index (χ3n) is 5.36. The largest absolute Gasteiger partial charge is 0.354 e. The quantitative estimate of drug-likeness (QED) is 0.589. The van der Waals surface area contributed by atoms with Crippen molar-refractivity contribution in [1.82, 2.24) is 15.6 Å². The van der Waals surface area contributed by atoms with Gasteiger partial charge in [-0.2, -0.15) is 0 Å². The summed E-state index contributed by atoms with van der Waals surface area (Å²) in [4.78, 5) is 30.1. The van der Waals surface area contributed by atoms with Gasteiger partial charge in [-0.3, -0.25) is 14.6 Å². The zero-order valence-electron chi connectivity index (χ0n) is 18.3. The predicted molar refractivity (Wildman–Crippen MR) is 123 cm³/mol. The lowest BCUT2D eigenvalue weighted by Crippen LogP contribution is -2.48. The second-order valence-electron chi connectivity index (χ2n) is 7.88. The van der Waals surface area contributed by atoms with Gasteiger partial charge < -0.3 is 10.6 Å². The highest BCUT2D eigenvalue weighted by Gasteiger charge is 2.22. The van der Waals surface area contributed by atoms with Crippen LogP contribution in [0.2, 0.25) is 0 Å². The molecule has 0 radical (unpaired) electrons. The minimum Gasteiger partial charge on any atom is -0.354 e. The summed E-state index contributed by atoms with van der Waals surface area (Å²) in [5.74, 6) is -0.450. The van der Waals surface area contributed by atoms with Crippen LogP contribution in [0, 0.1) is 20.8 Å². The van der Waals surface area contributed by atoms with E-state index in [0.29, 0.717) is 24.9 Å². The van der Waals surface area contributed by atoms with E-state index in [9.17, 15) is 9.59 Å². The number of nitrogens with one attached hydrogen (secondary N) is 2. The van der Waals surface area contributed by atoms with Crippen molar-refractivity contribution < 1.29 is 9.59 Å². The van der Waals surface area contributed by atoms with Crippen LogP contribution in [0.3, 0.4) is 0 Å². The summed E-state index contributed by atoms with van der Waals surface area (Å²) in [5, 5.41) is 5.87. The van der Waals surface area contributed by atoms with Crippen molar-refractivity contribution in [2.45, 2.75) is 39.7 Å². The highest BCUT2D eigenvalue weighted by atomic mass is 16.2. The molecule has 2 aromatic carbocycles. The van der Waals surface area contributed by atoms with E-state index < -0.39 is 6.04 Å². The molecule has 0 spiro atoms. The van der Waals surface area contributed by atoms with Crippen LogP contribution in [0.25, 0.3) is 0 Å². The Kier molecular flexibility index (Phi) is 7.55. The fourth-order valence-electron chi connectivity index (χ4n) is 3.28. The van der Waals surface area contributed by atoms with Crippen LogP contribution >= 0.6 is 0 Å². The molecule has 0 aliphatic carbocycles. The van der Waals surface area contributed by atoms with Crippen molar-refractivity contribution >= 4 is 11.8 Å². The zero-order valence-corrected chi connectivity index (χ0v) is 18.3. The molecule has 160 valence electrons. The number of nitrogens with zero attached hydrogens (tertiary/aromatic N) is 1. The predicted octanol–water partition coefficient (Wildman–Crippen LogP) is 3.71. The fraction of sp³-hybridized carbons (Fsp3) is 0.269. The summed E-state index contributed by atoms with van der Waals surface area (Å²) < 4.78 is 0. The number of hydrogen-bond donors (Lipinski definition) is 2. The van der Waals surface area contributed by atoms with Crippen molar-refractivity contribution in [3.8, 4) is 0 Å². The number of aromatic nitrogens is 1. The van der Waals surface area contributed by atoms with Gasteiger partial charge in [-0.05, 0) is 61.7 Å². The highest BCUT2D eigenvalue weighted by molar-refractivity contribution is 5.97. The molecule has 1 atom stereocenters. The summed E-state index contributed by atoms with van der Waals surface area (Å²) in [6.45, 7) is 6.46. The maximum Gasteiger partial charge on any atom is 0.251 e. The van der Waals surface area contributed by atoms with E-state index in [-0.39, 0.29) is 11.8 Å². The highest BCUT2D eigenvalue weighted by Crippen LogP contribution is 2.11. The van der Waals surface area contributed by atoms with Gasteiger partial charge in [0.15, 0.2) is 0 Å². The lowest BCUT2D eigenvalue weighted by Gasteiger charge is -2.19. The molecule has 5 heteroatoms. The van der Waals surface area contributed by atoms with Gasteiger partial charge in [-0.15, -0.1) is 0 Å². The zero-order chi connectivity index (χ0) is 22.2. The number of rotatable bonds is 8. The molecular formula is C26H29N3O2. The van der Waals surface area contributed by atoms with E-state index in [0.717, 1.165) is 27.9 Å². The van der Waals surface area contributed by atoms with E-state index in [1.165, 1.54) is 0 Å². The van der Waals surface area contributed by atoms with E-state index in [4.69, 9.17) is 0 Å². The lowest BCUT2D eigenvalue weighted by molar-refractivity contribution is -0.122. The first-order chi connectivity index (χ1) is 14.9. The van der Waals surface area contributed by atoms with Crippen LogP contribution in [0.5, 0.6) is 0 Å². The Labute approximate surface area is 183 Å². The standard InChI is InChI=1S/C26H29N3O2/c1-18-7-10-21(11-8-18)17-24(26(31)28-15-13-23-6-4-5-14-27-23)29-25(30)22-12-9-19(2)20(3)16-22/h4-12,14,16,24H,13,15,17H2,1-3H3,(H,28,31)(H,29,30)/t24-/m1/s1. The summed E-state index contributed by atoms with van der Waals surface area (Å²) in [6, 6.07) is 18.6. The molecule has 0 aliphatic rings. The van der Waals surface area contributed by atoms with E-state index in [2.05, 4.69) is 15.6 Å². The Bertz CT molecular complexity index is 1030. The SMILES string of the molecule is Cc1ccc(C[C@@H](NC(=O)c2ccc(C)c(C)c2)C(=O)NCCc2ccccn2)cc1. The minimum absolute atomic E-state index is 0.200. The van der Waals surface area contributed by atoms with Gasteiger partial charge in [0.25, 0.3) is 5.91 Å². The molecule has 0 aliphatic heterocycles. The minimum atomic E-state index is -0.666. The average Bonchev–Trinajstić information content (AvgIpc) is 2.77. The van der Waals surface area contributed by atoms with Crippen LogP contribution in [0.15, 0.2) is 66.9 Å². The molecule has 0 bridgehead atoms.